The first-order valence-electron chi connectivity index (χ1n) is 6.82. The number of benzene rings is 1. The minimum atomic E-state index is -0.203. The second-order valence-electron chi connectivity index (χ2n) is 5.38. The third kappa shape index (κ3) is 3.12. The van der Waals surface area contributed by atoms with Gasteiger partial charge in [-0.25, -0.2) is 4.39 Å². The first kappa shape index (κ1) is 14.0. The molecule has 18 heavy (non-hydrogen) atoms. The topological polar surface area (TPSA) is 26.0 Å². The first-order chi connectivity index (χ1) is 8.61. The van der Waals surface area contributed by atoms with Crippen LogP contribution in [0.4, 0.5) is 4.39 Å². The molecule has 1 aliphatic rings. The van der Waals surface area contributed by atoms with Crippen LogP contribution in [0.2, 0.25) is 0 Å². The average molecular weight is 314 g/mol. The van der Waals surface area contributed by atoms with Crippen molar-refractivity contribution >= 4 is 15.9 Å². The monoisotopic (exact) mass is 313 g/mol. The lowest BCUT2D eigenvalue weighted by Gasteiger charge is -2.32. The normalized spacial score (nSPS) is 26.0. The Labute approximate surface area is 117 Å². The van der Waals surface area contributed by atoms with Crippen molar-refractivity contribution in [3.8, 4) is 0 Å². The van der Waals surface area contributed by atoms with Crippen molar-refractivity contribution in [1.29, 1.82) is 0 Å². The number of hydrogen-bond donors (Lipinski definition) is 1. The third-order valence-electron chi connectivity index (χ3n) is 4.29. The molecular formula is C15H21BrFN. The maximum absolute atomic E-state index is 13.3. The van der Waals surface area contributed by atoms with Gasteiger partial charge in [0.1, 0.15) is 5.82 Å². The van der Waals surface area contributed by atoms with Gasteiger partial charge in [-0.15, -0.1) is 0 Å². The van der Waals surface area contributed by atoms with E-state index in [0.717, 1.165) is 16.0 Å². The first-order valence-corrected chi connectivity index (χ1v) is 7.61. The second kappa shape index (κ2) is 6.16. The summed E-state index contributed by atoms with van der Waals surface area (Å²) in [4.78, 5) is 0. The van der Waals surface area contributed by atoms with E-state index in [1.807, 2.05) is 0 Å². The summed E-state index contributed by atoms with van der Waals surface area (Å²) in [6, 6.07) is 4.74. The van der Waals surface area contributed by atoms with Gasteiger partial charge in [0.05, 0.1) is 0 Å². The van der Waals surface area contributed by atoms with Crippen molar-refractivity contribution in [3.05, 3.63) is 34.1 Å². The molecule has 0 heterocycles. The molecule has 0 saturated heterocycles. The number of halogens is 2. The van der Waals surface area contributed by atoms with Gasteiger partial charge in [-0.2, -0.15) is 0 Å². The molecule has 1 aromatic rings. The van der Waals surface area contributed by atoms with E-state index in [9.17, 15) is 4.39 Å². The van der Waals surface area contributed by atoms with Crippen LogP contribution in [0.5, 0.6) is 0 Å². The highest BCUT2D eigenvalue weighted by Crippen LogP contribution is 2.38. The Hall–Kier alpha value is -0.410. The second-order valence-corrected chi connectivity index (χ2v) is 6.24. The van der Waals surface area contributed by atoms with Crippen LogP contribution in [-0.4, -0.2) is 0 Å². The van der Waals surface area contributed by atoms with Gasteiger partial charge in [0.2, 0.25) is 0 Å². The van der Waals surface area contributed by atoms with Gasteiger partial charge in [0.15, 0.2) is 0 Å². The highest BCUT2D eigenvalue weighted by atomic mass is 79.9. The maximum atomic E-state index is 13.3. The average Bonchev–Trinajstić information content (AvgIpc) is 2.41. The molecule has 1 aliphatic carbocycles. The summed E-state index contributed by atoms with van der Waals surface area (Å²) < 4.78 is 14.2. The predicted molar refractivity (Wildman–Crippen MR) is 76.8 cm³/mol. The predicted octanol–water partition coefficient (Wildman–Crippen LogP) is 4.80. The van der Waals surface area contributed by atoms with Gasteiger partial charge in [-0.3, -0.25) is 0 Å². The zero-order chi connectivity index (χ0) is 13.1. The van der Waals surface area contributed by atoms with Crippen LogP contribution < -0.4 is 5.73 Å². The van der Waals surface area contributed by atoms with Crippen molar-refractivity contribution in [2.24, 2.45) is 17.6 Å². The largest absolute Gasteiger partial charge is 0.324 e. The maximum Gasteiger partial charge on any atom is 0.123 e. The van der Waals surface area contributed by atoms with Gasteiger partial charge in [0.25, 0.3) is 0 Å². The van der Waals surface area contributed by atoms with Crippen molar-refractivity contribution in [1.82, 2.24) is 0 Å². The fourth-order valence-corrected chi connectivity index (χ4v) is 3.49. The van der Waals surface area contributed by atoms with Crippen LogP contribution in [0.1, 0.15) is 50.6 Å². The summed E-state index contributed by atoms with van der Waals surface area (Å²) in [6.07, 6.45) is 6.14. The molecule has 1 atom stereocenters. The van der Waals surface area contributed by atoms with Crippen molar-refractivity contribution in [2.45, 2.75) is 45.1 Å². The quantitative estimate of drug-likeness (QED) is 0.852. The fourth-order valence-electron chi connectivity index (χ4n) is 2.98. The molecule has 1 unspecified atom stereocenters. The molecular weight excluding hydrogens is 293 g/mol. The minimum Gasteiger partial charge on any atom is -0.324 e. The van der Waals surface area contributed by atoms with E-state index in [4.69, 9.17) is 5.73 Å². The van der Waals surface area contributed by atoms with Crippen LogP contribution in [0, 0.1) is 17.7 Å². The van der Waals surface area contributed by atoms with E-state index < -0.39 is 0 Å². The number of nitrogens with two attached hydrogens (primary N) is 1. The molecule has 100 valence electrons. The van der Waals surface area contributed by atoms with E-state index in [-0.39, 0.29) is 11.9 Å². The van der Waals surface area contributed by atoms with E-state index >= 15 is 0 Å². The molecule has 1 fully saturated rings. The van der Waals surface area contributed by atoms with E-state index in [2.05, 4.69) is 22.9 Å². The number of rotatable bonds is 3. The highest BCUT2D eigenvalue weighted by molar-refractivity contribution is 9.10. The smallest absolute Gasteiger partial charge is 0.123 e. The Morgan fingerprint density at radius 1 is 1.33 bits per heavy atom. The minimum absolute atomic E-state index is 0.0483. The summed E-state index contributed by atoms with van der Waals surface area (Å²) >= 11 is 3.48. The van der Waals surface area contributed by atoms with E-state index in [0.29, 0.717) is 5.92 Å². The molecule has 1 aromatic carbocycles. The molecule has 3 heteroatoms. The molecule has 1 nitrogen and oxygen atoms in total. The molecule has 0 amide bonds. The van der Waals surface area contributed by atoms with Gasteiger partial charge in [-0.1, -0.05) is 42.1 Å². The summed E-state index contributed by atoms with van der Waals surface area (Å²) in [5.74, 6) is 1.15. The van der Waals surface area contributed by atoms with Gasteiger partial charge in [0, 0.05) is 10.5 Å². The van der Waals surface area contributed by atoms with Crippen molar-refractivity contribution < 1.29 is 4.39 Å². The zero-order valence-corrected chi connectivity index (χ0v) is 12.4. The Balaban J connectivity index is 2.07. The van der Waals surface area contributed by atoms with Gasteiger partial charge < -0.3 is 5.73 Å². The molecule has 0 aliphatic heterocycles. The third-order valence-corrected chi connectivity index (χ3v) is 5.02. The lowest BCUT2D eigenvalue weighted by Crippen LogP contribution is -2.26. The van der Waals surface area contributed by atoms with Crippen LogP contribution >= 0.6 is 15.9 Å². The van der Waals surface area contributed by atoms with Crippen molar-refractivity contribution in [2.75, 3.05) is 0 Å². The van der Waals surface area contributed by atoms with Gasteiger partial charge >= 0.3 is 0 Å². The SMILES string of the molecule is CCC1CCC(C(N)c2cc(F)ccc2Br)CC1. The Kier molecular flexibility index (Phi) is 4.79. The molecule has 1 saturated carbocycles. The van der Waals surface area contributed by atoms with Gasteiger partial charge in [-0.05, 0) is 48.4 Å². The van der Waals surface area contributed by atoms with Crippen LogP contribution in [0.25, 0.3) is 0 Å². The van der Waals surface area contributed by atoms with E-state index in [1.165, 1.54) is 38.2 Å². The highest BCUT2D eigenvalue weighted by Gasteiger charge is 2.26. The van der Waals surface area contributed by atoms with Crippen LogP contribution in [0.3, 0.4) is 0 Å². The molecule has 0 bridgehead atoms. The fraction of sp³-hybridized carbons (Fsp3) is 0.600. The Bertz CT molecular complexity index is 399. The number of hydrogen-bond acceptors (Lipinski definition) is 1. The Morgan fingerprint density at radius 2 is 2.00 bits per heavy atom. The molecule has 2 N–H and O–H groups in total. The summed E-state index contributed by atoms with van der Waals surface area (Å²) in [7, 11) is 0. The molecule has 0 aromatic heterocycles. The summed E-state index contributed by atoms with van der Waals surface area (Å²) in [5.41, 5.74) is 7.24. The van der Waals surface area contributed by atoms with Crippen LogP contribution in [-0.2, 0) is 0 Å². The van der Waals surface area contributed by atoms with Crippen molar-refractivity contribution in [3.63, 3.8) is 0 Å². The van der Waals surface area contributed by atoms with Crippen LogP contribution in [0.15, 0.2) is 22.7 Å². The lowest BCUT2D eigenvalue weighted by atomic mass is 9.76. The lowest BCUT2D eigenvalue weighted by molar-refractivity contribution is 0.239. The van der Waals surface area contributed by atoms with E-state index in [1.54, 1.807) is 12.1 Å². The summed E-state index contributed by atoms with van der Waals surface area (Å²) in [6.45, 7) is 2.26. The molecule has 2 rings (SSSR count). The zero-order valence-electron chi connectivity index (χ0n) is 10.8. The summed E-state index contributed by atoms with van der Waals surface area (Å²) in [5, 5.41) is 0. The Morgan fingerprint density at radius 3 is 2.61 bits per heavy atom. The standard InChI is InChI=1S/C15H21BrFN/c1-2-10-3-5-11(6-4-10)15(18)13-9-12(17)7-8-14(13)16/h7-11,15H,2-6,18H2,1H3. The molecule has 0 radical (unpaired) electrons. The molecule has 0 spiro atoms.